The molecule has 0 amide bonds. The minimum atomic E-state index is 0.499. The highest BCUT2D eigenvalue weighted by Crippen LogP contribution is 2.30. The molecule has 0 aromatic heterocycles. The number of benzene rings is 2. The Morgan fingerprint density at radius 1 is 1.04 bits per heavy atom. The van der Waals surface area contributed by atoms with E-state index in [9.17, 15) is 4.79 Å². The maximum Gasteiger partial charge on any atom is 0.161 e. The van der Waals surface area contributed by atoms with Crippen molar-refractivity contribution >= 4 is 22.2 Å². The van der Waals surface area contributed by atoms with Crippen LogP contribution in [0.3, 0.4) is 0 Å². The Bertz CT molecular complexity index is 690. The molecule has 128 valence electrons. The second-order valence-electron chi connectivity index (χ2n) is 5.47. The van der Waals surface area contributed by atoms with E-state index in [1.807, 2.05) is 13.0 Å². The summed E-state index contributed by atoms with van der Waals surface area (Å²) in [4.78, 5) is 10.8. The average molecular weight is 393 g/mol. The first kappa shape index (κ1) is 18.3. The summed E-state index contributed by atoms with van der Waals surface area (Å²) >= 11 is 3.53. The van der Waals surface area contributed by atoms with Crippen molar-refractivity contribution in [3.63, 3.8) is 0 Å². The van der Waals surface area contributed by atoms with Gasteiger partial charge in [0, 0.05) is 12.0 Å². The lowest BCUT2D eigenvalue weighted by Gasteiger charge is -2.13. The van der Waals surface area contributed by atoms with Gasteiger partial charge >= 0.3 is 0 Å². The van der Waals surface area contributed by atoms with Crippen LogP contribution in [0.2, 0.25) is 0 Å². The first-order valence-corrected chi connectivity index (χ1v) is 8.50. The summed E-state index contributed by atoms with van der Waals surface area (Å²) in [7, 11) is 1.55. The van der Waals surface area contributed by atoms with Gasteiger partial charge in [0.1, 0.15) is 12.0 Å². The molecule has 2 rings (SSSR count). The molecule has 0 spiro atoms. The lowest BCUT2D eigenvalue weighted by Crippen LogP contribution is -2.07. The maximum atomic E-state index is 10.8. The number of methoxy groups -OCH3 is 1. The molecular formula is C19H21BrO4. The molecule has 0 atom stereocenters. The zero-order valence-corrected chi connectivity index (χ0v) is 15.7. The van der Waals surface area contributed by atoms with Gasteiger partial charge in [0.2, 0.25) is 0 Å². The molecule has 0 heterocycles. The van der Waals surface area contributed by atoms with E-state index in [1.54, 1.807) is 25.3 Å². The molecular weight excluding hydrogens is 372 g/mol. The standard InChI is InChI=1S/C19H21BrO4/c1-13-9-14(2)19(16(20)10-13)24-8-4-7-23-17-6-5-15(12-21)11-18(17)22-3/h5-6,9-12H,4,7-8H2,1-3H3. The van der Waals surface area contributed by atoms with Crippen LogP contribution in [0.1, 0.15) is 27.9 Å². The largest absolute Gasteiger partial charge is 0.493 e. The van der Waals surface area contributed by atoms with Crippen molar-refractivity contribution in [3.05, 3.63) is 51.5 Å². The average Bonchev–Trinajstić information content (AvgIpc) is 2.56. The van der Waals surface area contributed by atoms with Gasteiger partial charge in [0.05, 0.1) is 24.8 Å². The molecule has 0 bridgehead atoms. The minimum Gasteiger partial charge on any atom is -0.493 e. The summed E-state index contributed by atoms with van der Waals surface area (Å²) in [6.45, 7) is 5.14. The van der Waals surface area contributed by atoms with Crippen molar-refractivity contribution in [2.75, 3.05) is 20.3 Å². The van der Waals surface area contributed by atoms with Crippen LogP contribution >= 0.6 is 15.9 Å². The maximum absolute atomic E-state index is 10.8. The minimum absolute atomic E-state index is 0.499. The van der Waals surface area contributed by atoms with Gasteiger partial charge in [0.25, 0.3) is 0 Å². The van der Waals surface area contributed by atoms with E-state index >= 15 is 0 Å². The molecule has 0 aliphatic heterocycles. The van der Waals surface area contributed by atoms with Crippen molar-refractivity contribution < 1.29 is 19.0 Å². The van der Waals surface area contributed by atoms with Crippen molar-refractivity contribution in [2.45, 2.75) is 20.3 Å². The second kappa shape index (κ2) is 8.73. The molecule has 0 fully saturated rings. The molecule has 0 radical (unpaired) electrons. The van der Waals surface area contributed by atoms with Gasteiger partial charge in [-0.15, -0.1) is 0 Å². The van der Waals surface area contributed by atoms with Crippen LogP contribution in [0.15, 0.2) is 34.8 Å². The molecule has 5 heteroatoms. The first-order chi connectivity index (χ1) is 11.5. The quantitative estimate of drug-likeness (QED) is 0.480. The van der Waals surface area contributed by atoms with Gasteiger partial charge in [-0.3, -0.25) is 4.79 Å². The van der Waals surface area contributed by atoms with Crippen LogP contribution < -0.4 is 14.2 Å². The smallest absolute Gasteiger partial charge is 0.161 e. The Morgan fingerprint density at radius 3 is 2.46 bits per heavy atom. The van der Waals surface area contributed by atoms with E-state index < -0.39 is 0 Å². The number of hydrogen-bond donors (Lipinski definition) is 0. The fraction of sp³-hybridized carbons (Fsp3) is 0.316. The van der Waals surface area contributed by atoms with E-state index in [4.69, 9.17) is 14.2 Å². The molecule has 4 nitrogen and oxygen atoms in total. The van der Waals surface area contributed by atoms with Crippen LogP contribution in [0.25, 0.3) is 0 Å². The summed E-state index contributed by atoms with van der Waals surface area (Å²) < 4.78 is 17.8. The number of rotatable bonds is 8. The summed E-state index contributed by atoms with van der Waals surface area (Å²) in [5, 5.41) is 0. The van der Waals surface area contributed by atoms with E-state index in [-0.39, 0.29) is 0 Å². The number of carbonyl (C=O) groups is 1. The van der Waals surface area contributed by atoms with Gasteiger partial charge in [-0.2, -0.15) is 0 Å². The van der Waals surface area contributed by atoms with Crippen molar-refractivity contribution in [2.24, 2.45) is 0 Å². The zero-order chi connectivity index (χ0) is 17.5. The highest BCUT2D eigenvalue weighted by Gasteiger charge is 2.08. The Balaban J connectivity index is 1.85. The summed E-state index contributed by atoms with van der Waals surface area (Å²) in [5.74, 6) is 2.04. The molecule has 0 saturated carbocycles. The molecule has 24 heavy (non-hydrogen) atoms. The van der Waals surface area contributed by atoms with Crippen LogP contribution in [0.5, 0.6) is 17.2 Å². The molecule has 2 aromatic carbocycles. The molecule has 0 aliphatic carbocycles. The highest BCUT2D eigenvalue weighted by molar-refractivity contribution is 9.10. The van der Waals surface area contributed by atoms with Gasteiger partial charge in [-0.05, 0) is 65.2 Å². The van der Waals surface area contributed by atoms with Gasteiger partial charge in [-0.1, -0.05) is 6.07 Å². The molecule has 0 unspecified atom stereocenters. The monoisotopic (exact) mass is 392 g/mol. The molecule has 0 saturated heterocycles. The predicted octanol–water partition coefficient (Wildman–Crippen LogP) is 4.73. The molecule has 2 aromatic rings. The van der Waals surface area contributed by atoms with E-state index in [2.05, 4.69) is 28.9 Å². The fourth-order valence-corrected chi connectivity index (χ4v) is 3.17. The zero-order valence-electron chi connectivity index (χ0n) is 14.1. The van der Waals surface area contributed by atoms with Crippen molar-refractivity contribution in [3.8, 4) is 17.2 Å². The highest BCUT2D eigenvalue weighted by atomic mass is 79.9. The Morgan fingerprint density at radius 2 is 1.79 bits per heavy atom. The fourth-order valence-electron chi connectivity index (χ4n) is 2.38. The third kappa shape index (κ3) is 4.74. The third-order valence-corrected chi connectivity index (χ3v) is 4.08. The number of halogens is 1. The van der Waals surface area contributed by atoms with E-state index in [1.165, 1.54) is 5.56 Å². The normalized spacial score (nSPS) is 10.3. The first-order valence-electron chi connectivity index (χ1n) is 7.70. The van der Waals surface area contributed by atoms with Crippen molar-refractivity contribution in [1.82, 2.24) is 0 Å². The third-order valence-electron chi connectivity index (χ3n) is 3.49. The predicted molar refractivity (Wildman–Crippen MR) is 97.6 cm³/mol. The van der Waals surface area contributed by atoms with Gasteiger partial charge < -0.3 is 14.2 Å². The van der Waals surface area contributed by atoms with Crippen LogP contribution in [0, 0.1) is 13.8 Å². The number of hydrogen-bond acceptors (Lipinski definition) is 4. The van der Waals surface area contributed by atoms with Gasteiger partial charge in [-0.25, -0.2) is 0 Å². The van der Waals surface area contributed by atoms with E-state index in [0.717, 1.165) is 28.5 Å². The van der Waals surface area contributed by atoms with Crippen LogP contribution in [-0.2, 0) is 0 Å². The topological polar surface area (TPSA) is 44.8 Å². The summed E-state index contributed by atoms with van der Waals surface area (Å²) in [6.07, 6.45) is 1.51. The van der Waals surface area contributed by atoms with Crippen molar-refractivity contribution in [1.29, 1.82) is 0 Å². The lowest BCUT2D eigenvalue weighted by atomic mass is 10.1. The van der Waals surface area contributed by atoms with Crippen LogP contribution in [0.4, 0.5) is 0 Å². The summed E-state index contributed by atoms with van der Waals surface area (Å²) in [6, 6.07) is 9.23. The number of ether oxygens (including phenoxy) is 3. The molecule has 0 aliphatic rings. The Labute approximate surface area is 150 Å². The Hall–Kier alpha value is -2.01. The number of aldehydes is 1. The second-order valence-corrected chi connectivity index (χ2v) is 6.33. The number of carbonyl (C=O) groups excluding carboxylic acids is 1. The van der Waals surface area contributed by atoms with Crippen LogP contribution in [-0.4, -0.2) is 26.6 Å². The SMILES string of the molecule is COc1cc(C=O)ccc1OCCCOc1c(C)cc(C)cc1Br. The van der Waals surface area contributed by atoms with Gasteiger partial charge in [0.15, 0.2) is 11.5 Å². The Kier molecular flexibility index (Phi) is 6.67. The van der Waals surface area contributed by atoms with E-state index in [0.29, 0.717) is 30.3 Å². The number of aryl methyl sites for hydroxylation is 2. The lowest BCUT2D eigenvalue weighted by molar-refractivity contribution is 0.112. The molecule has 0 N–H and O–H groups in total. The summed E-state index contributed by atoms with van der Waals surface area (Å²) in [5.41, 5.74) is 2.86.